The Balaban J connectivity index is 1.82. The van der Waals surface area contributed by atoms with Crippen LogP contribution in [-0.4, -0.2) is 38.0 Å². The molecule has 1 aliphatic rings. The number of likely N-dealkylation sites (N-methyl/N-ethyl adjacent to an activating group) is 1. The van der Waals surface area contributed by atoms with Gasteiger partial charge in [-0.15, -0.1) is 0 Å². The van der Waals surface area contributed by atoms with Crippen LogP contribution in [0.4, 0.5) is 0 Å². The molecule has 1 saturated carbocycles. The van der Waals surface area contributed by atoms with E-state index in [1.165, 1.54) is 0 Å². The molecule has 5 heteroatoms. The number of rotatable bonds is 6. The third-order valence-electron chi connectivity index (χ3n) is 4.52. The first-order chi connectivity index (χ1) is 10.1. The van der Waals surface area contributed by atoms with Gasteiger partial charge in [-0.1, -0.05) is 0 Å². The zero-order valence-corrected chi connectivity index (χ0v) is 13.0. The molecular formula is C16H27N3O2. The number of hydrogen-bond donors (Lipinski definition) is 2. The van der Waals surface area contributed by atoms with E-state index < -0.39 is 0 Å². The van der Waals surface area contributed by atoms with Crippen LogP contribution in [-0.2, 0) is 4.79 Å². The molecule has 1 heterocycles. The lowest BCUT2D eigenvalue weighted by molar-refractivity contribution is -0.126. The summed E-state index contributed by atoms with van der Waals surface area (Å²) in [7, 11) is 3.98. The van der Waals surface area contributed by atoms with Gasteiger partial charge in [-0.3, -0.25) is 9.69 Å². The maximum atomic E-state index is 12.3. The maximum Gasteiger partial charge on any atom is 0.223 e. The summed E-state index contributed by atoms with van der Waals surface area (Å²) >= 11 is 0. The topological polar surface area (TPSA) is 71.5 Å². The molecule has 1 fully saturated rings. The van der Waals surface area contributed by atoms with Crippen molar-refractivity contribution in [3.63, 3.8) is 0 Å². The average Bonchev–Trinajstić information content (AvgIpc) is 3.01. The first-order valence-corrected chi connectivity index (χ1v) is 7.79. The van der Waals surface area contributed by atoms with Crippen LogP contribution in [0.2, 0.25) is 0 Å². The highest BCUT2D eigenvalue weighted by molar-refractivity contribution is 5.78. The molecule has 1 unspecified atom stereocenters. The van der Waals surface area contributed by atoms with E-state index in [-0.39, 0.29) is 17.9 Å². The Bertz CT molecular complexity index is 423. The van der Waals surface area contributed by atoms with Crippen molar-refractivity contribution < 1.29 is 9.21 Å². The van der Waals surface area contributed by atoms with E-state index in [1.54, 1.807) is 6.26 Å². The molecule has 21 heavy (non-hydrogen) atoms. The summed E-state index contributed by atoms with van der Waals surface area (Å²) in [6, 6.07) is 3.90. The van der Waals surface area contributed by atoms with Gasteiger partial charge in [0.25, 0.3) is 0 Å². The highest BCUT2D eigenvalue weighted by Crippen LogP contribution is 2.28. The van der Waals surface area contributed by atoms with Crippen molar-refractivity contribution >= 4 is 5.91 Å². The predicted octanol–water partition coefficient (Wildman–Crippen LogP) is 1.76. The second-order valence-corrected chi connectivity index (χ2v) is 6.19. The largest absolute Gasteiger partial charge is 0.468 e. The van der Waals surface area contributed by atoms with E-state index in [0.717, 1.165) is 38.0 Å². The van der Waals surface area contributed by atoms with Crippen LogP contribution in [0.1, 0.15) is 37.5 Å². The van der Waals surface area contributed by atoms with Crippen molar-refractivity contribution in [2.45, 2.75) is 31.7 Å². The SMILES string of the molecule is CN(C)C(CNC(=O)C1CCC(CN)CC1)c1ccco1. The van der Waals surface area contributed by atoms with Crippen molar-refractivity contribution in [2.24, 2.45) is 17.6 Å². The van der Waals surface area contributed by atoms with E-state index in [4.69, 9.17) is 10.2 Å². The van der Waals surface area contributed by atoms with Crippen molar-refractivity contribution in [1.82, 2.24) is 10.2 Å². The predicted molar refractivity (Wildman–Crippen MR) is 82.6 cm³/mol. The number of carbonyl (C=O) groups is 1. The van der Waals surface area contributed by atoms with Crippen LogP contribution >= 0.6 is 0 Å². The normalized spacial score (nSPS) is 24.0. The Morgan fingerprint density at radius 3 is 2.67 bits per heavy atom. The zero-order chi connectivity index (χ0) is 15.2. The summed E-state index contributed by atoms with van der Waals surface area (Å²) in [4.78, 5) is 14.4. The fourth-order valence-corrected chi connectivity index (χ4v) is 3.02. The summed E-state index contributed by atoms with van der Waals surface area (Å²) < 4.78 is 5.46. The van der Waals surface area contributed by atoms with Gasteiger partial charge < -0.3 is 15.5 Å². The van der Waals surface area contributed by atoms with Crippen LogP contribution in [0.5, 0.6) is 0 Å². The minimum Gasteiger partial charge on any atom is -0.468 e. The number of amides is 1. The van der Waals surface area contributed by atoms with Gasteiger partial charge >= 0.3 is 0 Å². The highest BCUT2D eigenvalue weighted by atomic mass is 16.3. The molecule has 2 rings (SSSR count). The number of nitrogens with zero attached hydrogens (tertiary/aromatic N) is 1. The van der Waals surface area contributed by atoms with Gasteiger partial charge in [-0.05, 0) is 64.4 Å². The van der Waals surface area contributed by atoms with E-state index in [0.29, 0.717) is 12.5 Å². The second-order valence-electron chi connectivity index (χ2n) is 6.19. The average molecular weight is 293 g/mol. The molecule has 5 nitrogen and oxygen atoms in total. The summed E-state index contributed by atoms with van der Waals surface area (Å²) in [5.74, 6) is 1.80. The molecule has 0 radical (unpaired) electrons. The summed E-state index contributed by atoms with van der Waals surface area (Å²) in [6.07, 6.45) is 5.73. The molecule has 0 aliphatic heterocycles. The summed E-state index contributed by atoms with van der Waals surface area (Å²) in [5.41, 5.74) is 5.69. The van der Waals surface area contributed by atoms with Gasteiger partial charge in [-0.2, -0.15) is 0 Å². The molecule has 3 N–H and O–H groups in total. The first-order valence-electron chi connectivity index (χ1n) is 7.79. The Morgan fingerprint density at radius 1 is 1.43 bits per heavy atom. The van der Waals surface area contributed by atoms with Gasteiger partial charge in [0.15, 0.2) is 0 Å². The Kier molecular flexibility index (Phi) is 5.82. The number of hydrogen-bond acceptors (Lipinski definition) is 4. The quantitative estimate of drug-likeness (QED) is 0.838. The van der Waals surface area contributed by atoms with Crippen molar-refractivity contribution in [3.05, 3.63) is 24.2 Å². The molecule has 1 amide bonds. The van der Waals surface area contributed by atoms with Gasteiger partial charge in [0.1, 0.15) is 5.76 Å². The molecule has 1 aromatic heterocycles. The van der Waals surface area contributed by atoms with Gasteiger partial charge in [0.05, 0.1) is 12.3 Å². The third-order valence-corrected chi connectivity index (χ3v) is 4.52. The highest BCUT2D eigenvalue weighted by Gasteiger charge is 2.26. The van der Waals surface area contributed by atoms with Crippen molar-refractivity contribution in [2.75, 3.05) is 27.2 Å². The summed E-state index contributed by atoms with van der Waals surface area (Å²) in [6.45, 7) is 1.33. The smallest absolute Gasteiger partial charge is 0.223 e. The fraction of sp³-hybridized carbons (Fsp3) is 0.688. The van der Waals surface area contributed by atoms with Gasteiger partial charge in [-0.25, -0.2) is 0 Å². The number of nitrogens with one attached hydrogen (secondary N) is 1. The molecule has 0 aromatic carbocycles. The monoisotopic (exact) mass is 293 g/mol. The Morgan fingerprint density at radius 2 is 2.14 bits per heavy atom. The lowest BCUT2D eigenvalue weighted by Gasteiger charge is -2.28. The maximum absolute atomic E-state index is 12.3. The van der Waals surface area contributed by atoms with Crippen LogP contribution in [0, 0.1) is 11.8 Å². The summed E-state index contributed by atoms with van der Waals surface area (Å²) in [5, 5.41) is 3.08. The lowest BCUT2D eigenvalue weighted by atomic mass is 9.81. The fourth-order valence-electron chi connectivity index (χ4n) is 3.02. The molecule has 1 atom stereocenters. The van der Waals surface area contributed by atoms with Crippen LogP contribution in [0.15, 0.2) is 22.8 Å². The van der Waals surface area contributed by atoms with E-state index in [1.807, 2.05) is 26.2 Å². The number of nitrogens with two attached hydrogens (primary N) is 1. The zero-order valence-electron chi connectivity index (χ0n) is 13.0. The van der Waals surface area contributed by atoms with E-state index in [2.05, 4.69) is 10.2 Å². The Labute approximate surface area is 126 Å². The number of furan rings is 1. The minimum atomic E-state index is 0.0735. The molecule has 1 aliphatic carbocycles. The molecular weight excluding hydrogens is 266 g/mol. The molecule has 1 aromatic rings. The standard InChI is InChI=1S/C16H27N3O2/c1-19(2)14(15-4-3-9-21-15)11-18-16(20)13-7-5-12(10-17)6-8-13/h3-4,9,12-14H,5-8,10-11,17H2,1-2H3,(H,18,20). The molecule has 0 saturated heterocycles. The third kappa shape index (κ3) is 4.32. The van der Waals surface area contributed by atoms with Crippen molar-refractivity contribution in [1.29, 1.82) is 0 Å². The van der Waals surface area contributed by atoms with E-state index in [9.17, 15) is 4.79 Å². The van der Waals surface area contributed by atoms with Crippen LogP contribution in [0.3, 0.4) is 0 Å². The van der Waals surface area contributed by atoms with Crippen LogP contribution in [0.25, 0.3) is 0 Å². The van der Waals surface area contributed by atoms with Crippen LogP contribution < -0.4 is 11.1 Å². The molecule has 0 spiro atoms. The molecule has 0 bridgehead atoms. The van der Waals surface area contributed by atoms with Gasteiger partial charge in [0.2, 0.25) is 5.91 Å². The Hall–Kier alpha value is -1.33. The lowest BCUT2D eigenvalue weighted by Crippen LogP contribution is -2.39. The minimum absolute atomic E-state index is 0.0735. The molecule has 118 valence electrons. The van der Waals surface area contributed by atoms with E-state index >= 15 is 0 Å². The van der Waals surface area contributed by atoms with Crippen molar-refractivity contribution in [3.8, 4) is 0 Å². The second kappa shape index (κ2) is 7.61. The van der Waals surface area contributed by atoms with Gasteiger partial charge in [0, 0.05) is 12.5 Å². The number of carbonyl (C=O) groups excluding carboxylic acids is 1. The first kappa shape index (κ1) is 16.0.